The van der Waals surface area contributed by atoms with E-state index in [1.165, 1.54) is 18.3 Å². The van der Waals surface area contributed by atoms with E-state index in [9.17, 15) is 13.5 Å². The molecule has 2 unspecified atom stereocenters. The molecule has 0 bridgehead atoms. The van der Waals surface area contributed by atoms with Gasteiger partial charge in [0.15, 0.2) is 0 Å². The van der Waals surface area contributed by atoms with Crippen molar-refractivity contribution in [2.24, 2.45) is 0 Å². The third-order valence-corrected chi connectivity index (χ3v) is 3.78. The van der Waals surface area contributed by atoms with Gasteiger partial charge in [0.25, 0.3) is 0 Å². The van der Waals surface area contributed by atoms with Crippen molar-refractivity contribution in [3.05, 3.63) is 18.3 Å². The van der Waals surface area contributed by atoms with Gasteiger partial charge in [-0.15, -0.1) is 0 Å². The summed E-state index contributed by atoms with van der Waals surface area (Å²) < 4.78 is 26.3. The lowest BCUT2D eigenvalue weighted by Gasteiger charge is -2.16. The highest BCUT2D eigenvalue weighted by molar-refractivity contribution is 7.89. The number of nitrogens with zero attached hydrogens (tertiary/aromatic N) is 1. The molecular weight excluding hydrogens is 242 g/mol. The molecule has 4 N–H and O–H groups in total. The van der Waals surface area contributed by atoms with E-state index in [1.807, 2.05) is 0 Å². The van der Waals surface area contributed by atoms with Gasteiger partial charge in [0.2, 0.25) is 10.0 Å². The van der Waals surface area contributed by atoms with E-state index in [4.69, 9.17) is 5.73 Å². The number of aromatic nitrogens is 1. The Labute approximate surface area is 101 Å². The average molecular weight is 259 g/mol. The smallest absolute Gasteiger partial charge is 0.244 e. The largest absolute Gasteiger partial charge is 0.393 e. The highest BCUT2D eigenvalue weighted by Crippen LogP contribution is 2.15. The molecule has 96 valence electrons. The van der Waals surface area contributed by atoms with Crippen LogP contribution in [0.3, 0.4) is 0 Å². The Morgan fingerprint density at radius 2 is 2.18 bits per heavy atom. The van der Waals surface area contributed by atoms with Crippen molar-refractivity contribution >= 4 is 15.8 Å². The van der Waals surface area contributed by atoms with Crippen LogP contribution in [0.25, 0.3) is 0 Å². The fourth-order valence-electron chi connectivity index (χ4n) is 1.52. The molecule has 0 saturated heterocycles. The maximum atomic E-state index is 11.9. The van der Waals surface area contributed by atoms with E-state index in [-0.39, 0.29) is 16.8 Å². The number of nitrogens with one attached hydrogen (secondary N) is 1. The van der Waals surface area contributed by atoms with Crippen LogP contribution in [0.1, 0.15) is 20.3 Å². The summed E-state index contributed by atoms with van der Waals surface area (Å²) in [5, 5.41) is 9.17. The van der Waals surface area contributed by atoms with Gasteiger partial charge in [-0.25, -0.2) is 18.1 Å². The fourth-order valence-corrected chi connectivity index (χ4v) is 2.86. The molecule has 0 aliphatic heterocycles. The second-order valence-corrected chi connectivity index (χ2v) is 5.68. The molecule has 0 amide bonds. The van der Waals surface area contributed by atoms with Gasteiger partial charge in [0, 0.05) is 12.2 Å². The number of pyridine rings is 1. The standard InChI is InChI=1S/C10H17N3O3S/c1-7(6-8(2)14)13-17(15,16)9-4-3-5-12-10(9)11/h3-5,7-8,13-14H,6H2,1-2H3,(H2,11,12). The van der Waals surface area contributed by atoms with Gasteiger partial charge < -0.3 is 10.8 Å². The van der Waals surface area contributed by atoms with Crippen molar-refractivity contribution in [2.75, 3.05) is 5.73 Å². The molecule has 17 heavy (non-hydrogen) atoms. The molecule has 0 saturated carbocycles. The molecule has 0 aromatic carbocycles. The molecule has 1 heterocycles. The summed E-state index contributed by atoms with van der Waals surface area (Å²) in [6.07, 6.45) is 1.19. The van der Waals surface area contributed by atoms with Crippen molar-refractivity contribution in [1.29, 1.82) is 0 Å². The van der Waals surface area contributed by atoms with Crippen molar-refractivity contribution in [1.82, 2.24) is 9.71 Å². The molecule has 0 spiro atoms. The maximum Gasteiger partial charge on any atom is 0.244 e. The van der Waals surface area contributed by atoms with E-state index in [0.717, 1.165) is 0 Å². The molecular formula is C10H17N3O3S. The number of nitrogen functional groups attached to an aromatic ring is 1. The Balaban J connectivity index is 2.86. The number of hydrogen-bond donors (Lipinski definition) is 3. The first-order chi connectivity index (χ1) is 7.83. The van der Waals surface area contributed by atoms with Gasteiger partial charge in [0.1, 0.15) is 10.7 Å². The summed E-state index contributed by atoms with van der Waals surface area (Å²) in [4.78, 5) is 3.68. The van der Waals surface area contributed by atoms with Crippen molar-refractivity contribution in [2.45, 2.75) is 37.3 Å². The zero-order valence-corrected chi connectivity index (χ0v) is 10.6. The third-order valence-electron chi connectivity index (χ3n) is 2.14. The van der Waals surface area contributed by atoms with E-state index >= 15 is 0 Å². The highest BCUT2D eigenvalue weighted by Gasteiger charge is 2.20. The van der Waals surface area contributed by atoms with Gasteiger partial charge in [-0.1, -0.05) is 0 Å². The van der Waals surface area contributed by atoms with Gasteiger partial charge >= 0.3 is 0 Å². The first kappa shape index (κ1) is 13.9. The molecule has 1 rings (SSSR count). The zero-order valence-electron chi connectivity index (χ0n) is 9.79. The Hall–Kier alpha value is -1.18. The first-order valence-electron chi connectivity index (χ1n) is 5.24. The van der Waals surface area contributed by atoms with Gasteiger partial charge in [-0.05, 0) is 32.4 Å². The van der Waals surface area contributed by atoms with Crippen LogP contribution in [0.15, 0.2) is 23.2 Å². The lowest BCUT2D eigenvalue weighted by molar-refractivity contribution is 0.175. The normalized spacial score (nSPS) is 15.5. The summed E-state index contributed by atoms with van der Waals surface area (Å²) in [6, 6.07) is 2.52. The molecule has 0 fully saturated rings. The number of aliphatic hydroxyl groups is 1. The third kappa shape index (κ3) is 3.95. The number of rotatable bonds is 5. The number of aliphatic hydroxyl groups excluding tert-OH is 1. The fraction of sp³-hybridized carbons (Fsp3) is 0.500. The van der Waals surface area contributed by atoms with Gasteiger partial charge in [0.05, 0.1) is 6.10 Å². The average Bonchev–Trinajstić information content (AvgIpc) is 2.15. The van der Waals surface area contributed by atoms with Gasteiger partial charge in [-0.3, -0.25) is 0 Å². The van der Waals surface area contributed by atoms with Crippen molar-refractivity contribution < 1.29 is 13.5 Å². The SMILES string of the molecule is CC(O)CC(C)NS(=O)(=O)c1cccnc1N. The number of sulfonamides is 1. The maximum absolute atomic E-state index is 11.9. The van der Waals surface area contributed by atoms with Crippen LogP contribution < -0.4 is 10.5 Å². The summed E-state index contributed by atoms with van der Waals surface area (Å²) in [6.45, 7) is 3.28. The molecule has 0 aliphatic carbocycles. The second-order valence-electron chi connectivity index (χ2n) is 3.99. The Morgan fingerprint density at radius 1 is 1.53 bits per heavy atom. The summed E-state index contributed by atoms with van der Waals surface area (Å²) in [7, 11) is -3.68. The molecule has 6 nitrogen and oxygen atoms in total. The lowest BCUT2D eigenvalue weighted by atomic mass is 10.2. The molecule has 7 heteroatoms. The van der Waals surface area contributed by atoms with Crippen LogP contribution in [0.2, 0.25) is 0 Å². The lowest BCUT2D eigenvalue weighted by Crippen LogP contribution is -2.35. The van der Waals surface area contributed by atoms with E-state index in [0.29, 0.717) is 6.42 Å². The minimum atomic E-state index is -3.68. The Kier molecular flexibility index (Phi) is 4.44. The van der Waals surface area contributed by atoms with Crippen molar-refractivity contribution in [3.63, 3.8) is 0 Å². The summed E-state index contributed by atoms with van der Waals surface area (Å²) >= 11 is 0. The molecule has 0 radical (unpaired) electrons. The minimum Gasteiger partial charge on any atom is -0.393 e. The Morgan fingerprint density at radius 3 is 2.71 bits per heavy atom. The van der Waals surface area contributed by atoms with Crippen molar-refractivity contribution in [3.8, 4) is 0 Å². The summed E-state index contributed by atoms with van der Waals surface area (Å²) in [5.74, 6) is -0.0377. The quantitative estimate of drug-likeness (QED) is 0.695. The van der Waals surface area contributed by atoms with Crippen LogP contribution in [0, 0.1) is 0 Å². The number of anilines is 1. The van der Waals surface area contributed by atoms with Crippen LogP contribution in [0.4, 0.5) is 5.82 Å². The summed E-state index contributed by atoms with van der Waals surface area (Å²) in [5.41, 5.74) is 5.50. The first-order valence-corrected chi connectivity index (χ1v) is 6.72. The van der Waals surface area contributed by atoms with Crippen LogP contribution in [-0.4, -0.2) is 30.7 Å². The van der Waals surface area contributed by atoms with E-state index in [1.54, 1.807) is 13.8 Å². The predicted octanol–water partition coefficient (Wildman–Crippen LogP) is 0.102. The van der Waals surface area contributed by atoms with Gasteiger partial charge in [-0.2, -0.15) is 0 Å². The van der Waals surface area contributed by atoms with Crippen LogP contribution >= 0.6 is 0 Å². The Bertz CT molecular complexity index is 473. The molecule has 2 atom stereocenters. The minimum absolute atomic E-state index is 0.0377. The number of hydrogen-bond acceptors (Lipinski definition) is 5. The second kappa shape index (κ2) is 5.44. The molecule has 1 aromatic heterocycles. The topological polar surface area (TPSA) is 105 Å². The zero-order chi connectivity index (χ0) is 13.1. The van der Waals surface area contributed by atoms with E-state index in [2.05, 4.69) is 9.71 Å². The predicted molar refractivity (Wildman–Crippen MR) is 64.7 cm³/mol. The highest BCUT2D eigenvalue weighted by atomic mass is 32.2. The molecule has 0 aliphatic rings. The number of nitrogens with two attached hydrogens (primary N) is 1. The van der Waals surface area contributed by atoms with E-state index < -0.39 is 16.1 Å². The monoisotopic (exact) mass is 259 g/mol. The van der Waals surface area contributed by atoms with Crippen LogP contribution in [0.5, 0.6) is 0 Å². The van der Waals surface area contributed by atoms with Crippen LogP contribution in [-0.2, 0) is 10.0 Å². The molecule has 1 aromatic rings.